The van der Waals surface area contributed by atoms with Crippen molar-refractivity contribution in [2.45, 2.75) is 12.8 Å². The average Bonchev–Trinajstić information content (AvgIpc) is 3.02. The summed E-state index contributed by atoms with van der Waals surface area (Å²) in [5, 5.41) is 2.88. The number of fused-ring (bicyclic) bond motifs is 1. The first-order valence-corrected chi connectivity index (χ1v) is 9.10. The van der Waals surface area contributed by atoms with Crippen LogP contribution >= 0.6 is 0 Å². The van der Waals surface area contributed by atoms with Crippen LogP contribution in [0, 0.1) is 11.7 Å². The molecule has 1 N–H and O–H groups in total. The van der Waals surface area contributed by atoms with Gasteiger partial charge in [0.1, 0.15) is 5.82 Å². The van der Waals surface area contributed by atoms with Gasteiger partial charge in [-0.2, -0.15) is 4.98 Å². The summed E-state index contributed by atoms with van der Waals surface area (Å²) in [6.45, 7) is 1.36. The van der Waals surface area contributed by atoms with Gasteiger partial charge in [0, 0.05) is 44.4 Å². The summed E-state index contributed by atoms with van der Waals surface area (Å²) in [7, 11) is 3.36. The Bertz CT molecular complexity index is 1010. The number of piperidine rings is 1. The highest BCUT2D eigenvalue weighted by Crippen LogP contribution is 2.24. The topological polar surface area (TPSA) is 85.2 Å². The minimum absolute atomic E-state index is 0.0786. The van der Waals surface area contributed by atoms with Crippen molar-refractivity contribution in [1.82, 2.24) is 19.5 Å². The van der Waals surface area contributed by atoms with Crippen molar-refractivity contribution in [3.05, 3.63) is 36.3 Å². The molecule has 0 unspecified atom stereocenters. The van der Waals surface area contributed by atoms with Crippen LogP contribution in [0.5, 0.6) is 5.88 Å². The number of benzene rings is 1. The van der Waals surface area contributed by atoms with Gasteiger partial charge in [-0.25, -0.2) is 14.4 Å². The third kappa shape index (κ3) is 3.47. The quantitative estimate of drug-likeness (QED) is 0.743. The summed E-state index contributed by atoms with van der Waals surface area (Å²) in [6.07, 6.45) is 3.03. The van der Waals surface area contributed by atoms with Crippen molar-refractivity contribution in [3.8, 4) is 5.88 Å². The lowest BCUT2D eigenvalue weighted by Crippen LogP contribution is -2.39. The van der Waals surface area contributed by atoms with Crippen molar-refractivity contribution in [2.24, 2.45) is 13.0 Å². The molecule has 0 radical (unpaired) electrons. The van der Waals surface area contributed by atoms with Gasteiger partial charge in [-0.15, -0.1) is 0 Å². The summed E-state index contributed by atoms with van der Waals surface area (Å²) in [5.74, 6) is 0.988. The molecule has 0 spiro atoms. The lowest BCUT2D eigenvalue weighted by Gasteiger charge is -2.31. The number of aromatic nitrogens is 4. The van der Waals surface area contributed by atoms with E-state index in [9.17, 15) is 9.18 Å². The number of aryl methyl sites for hydroxylation is 1. The van der Waals surface area contributed by atoms with Gasteiger partial charge in [-0.3, -0.25) is 10.1 Å². The van der Waals surface area contributed by atoms with E-state index in [0.29, 0.717) is 49.2 Å². The summed E-state index contributed by atoms with van der Waals surface area (Å²) < 4.78 is 20.3. The first kappa shape index (κ1) is 18.1. The minimum atomic E-state index is -0.351. The lowest BCUT2D eigenvalue weighted by atomic mass is 9.96. The van der Waals surface area contributed by atoms with Crippen LogP contribution in [0.1, 0.15) is 12.8 Å². The molecule has 1 aromatic carbocycles. The molecule has 1 amide bonds. The molecule has 0 saturated carbocycles. The fraction of sp³-hybridized carbons (Fsp3) is 0.368. The van der Waals surface area contributed by atoms with E-state index < -0.39 is 0 Å². The van der Waals surface area contributed by atoms with E-state index in [1.807, 2.05) is 4.90 Å². The third-order valence-electron chi connectivity index (χ3n) is 5.05. The van der Waals surface area contributed by atoms with Crippen LogP contribution in [-0.2, 0) is 11.8 Å². The Hall–Kier alpha value is -3.23. The highest BCUT2D eigenvalue weighted by atomic mass is 19.1. The number of amides is 1. The number of anilines is 2. The van der Waals surface area contributed by atoms with Gasteiger partial charge in [0.2, 0.25) is 23.7 Å². The molecule has 0 aliphatic carbocycles. The van der Waals surface area contributed by atoms with Gasteiger partial charge in [0.05, 0.1) is 18.1 Å². The number of nitrogens with zero attached hydrogens (tertiary/aromatic N) is 5. The van der Waals surface area contributed by atoms with E-state index in [1.54, 1.807) is 37.1 Å². The third-order valence-corrected chi connectivity index (χ3v) is 5.05. The molecule has 146 valence electrons. The highest BCUT2D eigenvalue weighted by Gasteiger charge is 2.27. The summed E-state index contributed by atoms with van der Waals surface area (Å²) in [4.78, 5) is 27.7. The second-order valence-electron chi connectivity index (χ2n) is 6.78. The number of imidazole rings is 1. The molecule has 28 heavy (non-hydrogen) atoms. The zero-order valence-corrected chi connectivity index (χ0v) is 15.7. The minimum Gasteiger partial charge on any atom is -0.481 e. The SMILES string of the molecule is COc1ccnc(N2CCC(C(=O)Nc3nc4cc(F)ccc4n3C)CC2)n1. The average molecular weight is 384 g/mol. The number of halogens is 1. The van der Waals surface area contributed by atoms with Crippen LogP contribution in [0.25, 0.3) is 11.0 Å². The molecule has 3 heterocycles. The van der Waals surface area contributed by atoms with Crippen LogP contribution < -0.4 is 15.0 Å². The Balaban J connectivity index is 1.41. The second kappa shape index (κ2) is 7.41. The van der Waals surface area contributed by atoms with E-state index in [0.717, 1.165) is 5.52 Å². The molecule has 9 heteroatoms. The lowest BCUT2D eigenvalue weighted by molar-refractivity contribution is -0.120. The molecule has 2 aromatic heterocycles. The van der Waals surface area contributed by atoms with Gasteiger partial charge in [0.15, 0.2) is 0 Å². The maximum atomic E-state index is 13.4. The molecular weight excluding hydrogens is 363 g/mol. The zero-order valence-electron chi connectivity index (χ0n) is 15.7. The van der Waals surface area contributed by atoms with Crippen molar-refractivity contribution < 1.29 is 13.9 Å². The van der Waals surface area contributed by atoms with Crippen LogP contribution in [0.3, 0.4) is 0 Å². The Morgan fingerprint density at radius 2 is 2.04 bits per heavy atom. The molecule has 3 aromatic rings. The fourth-order valence-corrected chi connectivity index (χ4v) is 3.44. The molecule has 4 rings (SSSR count). The summed E-state index contributed by atoms with van der Waals surface area (Å²) >= 11 is 0. The van der Waals surface area contributed by atoms with Gasteiger partial charge >= 0.3 is 0 Å². The number of hydrogen-bond acceptors (Lipinski definition) is 6. The Morgan fingerprint density at radius 3 is 2.79 bits per heavy atom. The fourth-order valence-electron chi connectivity index (χ4n) is 3.44. The van der Waals surface area contributed by atoms with E-state index in [4.69, 9.17) is 4.74 Å². The highest BCUT2D eigenvalue weighted by molar-refractivity contribution is 5.93. The van der Waals surface area contributed by atoms with Crippen LogP contribution in [0.2, 0.25) is 0 Å². The van der Waals surface area contributed by atoms with Crippen molar-refractivity contribution in [2.75, 3.05) is 30.4 Å². The first-order chi connectivity index (χ1) is 13.5. The number of hydrogen-bond donors (Lipinski definition) is 1. The number of carbonyl (C=O) groups excluding carboxylic acids is 1. The van der Waals surface area contributed by atoms with Crippen molar-refractivity contribution in [1.29, 1.82) is 0 Å². The Morgan fingerprint density at radius 1 is 1.25 bits per heavy atom. The van der Waals surface area contributed by atoms with E-state index >= 15 is 0 Å². The van der Waals surface area contributed by atoms with Crippen LogP contribution in [0.15, 0.2) is 30.5 Å². The van der Waals surface area contributed by atoms with Crippen molar-refractivity contribution >= 4 is 28.8 Å². The number of ether oxygens (including phenoxy) is 1. The van der Waals surface area contributed by atoms with E-state index in [1.165, 1.54) is 12.1 Å². The van der Waals surface area contributed by atoms with Gasteiger partial charge < -0.3 is 14.2 Å². The number of nitrogens with one attached hydrogen (secondary N) is 1. The van der Waals surface area contributed by atoms with Gasteiger partial charge in [-0.1, -0.05) is 0 Å². The Labute approximate surface area is 161 Å². The molecular formula is C19H21FN6O2. The molecule has 1 aliphatic rings. The maximum absolute atomic E-state index is 13.4. The van der Waals surface area contributed by atoms with E-state index in [-0.39, 0.29) is 17.6 Å². The van der Waals surface area contributed by atoms with E-state index in [2.05, 4.69) is 20.3 Å². The largest absolute Gasteiger partial charge is 0.481 e. The van der Waals surface area contributed by atoms with Gasteiger partial charge in [0.25, 0.3) is 0 Å². The van der Waals surface area contributed by atoms with Crippen LogP contribution in [0.4, 0.5) is 16.3 Å². The molecule has 1 saturated heterocycles. The molecule has 0 bridgehead atoms. The summed E-state index contributed by atoms with van der Waals surface area (Å²) in [5.41, 5.74) is 1.28. The Kier molecular flexibility index (Phi) is 4.81. The molecule has 0 atom stereocenters. The summed E-state index contributed by atoms with van der Waals surface area (Å²) in [6, 6.07) is 6.09. The monoisotopic (exact) mass is 384 g/mol. The number of rotatable bonds is 4. The van der Waals surface area contributed by atoms with Crippen LogP contribution in [-0.4, -0.2) is 45.6 Å². The zero-order chi connectivity index (χ0) is 19.7. The second-order valence-corrected chi connectivity index (χ2v) is 6.78. The smallest absolute Gasteiger partial charge is 0.229 e. The number of carbonyl (C=O) groups is 1. The van der Waals surface area contributed by atoms with Crippen molar-refractivity contribution in [3.63, 3.8) is 0 Å². The molecule has 8 nitrogen and oxygen atoms in total. The molecule has 1 fully saturated rings. The standard InChI is InChI=1S/C19H21FN6O2/c1-25-15-4-3-13(20)11-14(15)22-19(25)24-17(27)12-6-9-26(10-7-12)18-21-8-5-16(23-18)28-2/h3-5,8,11-12H,6-7,9-10H2,1-2H3,(H,22,24,27). The first-order valence-electron chi connectivity index (χ1n) is 9.10. The predicted molar refractivity (Wildman–Crippen MR) is 103 cm³/mol. The predicted octanol–water partition coefficient (Wildman–Crippen LogP) is 2.37. The van der Waals surface area contributed by atoms with Gasteiger partial charge in [-0.05, 0) is 25.0 Å². The number of methoxy groups -OCH3 is 1. The maximum Gasteiger partial charge on any atom is 0.229 e. The normalized spacial score (nSPS) is 15.0. The molecule has 1 aliphatic heterocycles.